The second-order valence-corrected chi connectivity index (χ2v) is 13.6. The normalized spacial score (nSPS) is 18.4. The van der Waals surface area contributed by atoms with Gasteiger partial charge in [-0.05, 0) is 47.5 Å². The lowest BCUT2D eigenvalue weighted by atomic mass is 10.0. The average Bonchev–Trinajstić information content (AvgIpc) is 3.21. The van der Waals surface area contributed by atoms with E-state index in [-0.39, 0.29) is 37.4 Å². The smallest absolute Gasteiger partial charge is 0.459 e. The van der Waals surface area contributed by atoms with Gasteiger partial charge in [-0.1, -0.05) is 115 Å². The molecule has 0 aliphatic carbocycles. The second kappa shape index (κ2) is 18.4. The lowest BCUT2D eigenvalue weighted by molar-refractivity contribution is -0.246. The first-order valence-corrected chi connectivity index (χ1v) is 18.4. The Bertz CT molecular complexity index is 1920. The van der Waals surface area contributed by atoms with Crippen molar-refractivity contribution in [3.8, 4) is 0 Å². The van der Waals surface area contributed by atoms with Crippen LogP contribution in [-0.4, -0.2) is 49.1 Å². The number of rotatable bonds is 15. The Hall–Kier alpha value is -5.42. The van der Waals surface area contributed by atoms with E-state index in [9.17, 15) is 18.9 Å². The Morgan fingerprint density at radius 2 is 0.981 bits per heavy atom. The zero-order valence-corrected chi connectivity index (χ0v) is 29.4. The summed E-state index contributed by atoms with van der Waals surface area (Å²) in [5.74, 6) is -2.13. The molecule has 1 aliphatic heterocycles. The number of phosphoric ester groups is 1. The van der Waals surface area contributed by atoms with Gasteiger partial charge in [0.05, 0.1) is 36.0 Å². The van der Waals surface area contributed by atoms with Crippen LogP contribution >= 0.6 is 7.82 Å². The maximum atomic E-state index is 14.6. The van der Waals surface area contributed by atoms with Gasteiger partial charge >= 0.3 is 25.7 Å². The third kappa shape index (κ3) is 10.8. The van der Waals surface area contributed by atoms with Gasteiger partial charge in [-0.15, -0.1) is 0 Å². The second-order valence-electron chi connectivity index (χ2n) is 11.9. The van der Waals surface area contributed by atoms with Crippen molar-refractivity contribution < 1.29 is 51.5 Å². The van der Waals surface area contributed by atoms with Gasteiger partial charge in [0.2, 0.25) is 6.29 Å². The number of hydrogen-bond acceptors (Lipinski definition) is 11. The maximum Gasteiger partial charge on any atom is 0.477 e. The predicted molar refractivity (Wildman–Crippen MR) is 192 cm³/mol. The summed E-state index contributed by atoms with van der Waals surface area (Å²) >= 11 is 0. The molecule has 0 unspecified atom stereocenters. The Labute approximate surface area is 306 Å². The minimum absolute atomic E-state index is 0.0900. The van der Waals surface area contributed by atoms with Crippen LogP contribution in [0, 0.1) is 0 Å². The van der Waals surface area contributed by atoms with Gasteiger partial charge in [0, 0.05) is 6.42 Å². The molecule has 5 aromatic rings. The van der Waals surface area contributed by atoms with Crippen molar-refractivity contribution in [1.29, 1.82) is 0 Å². The Morgan fingerprint density at radius 1 is 0.566 bits per heavy atom. The molecule has 5 aromatic carbocycles. The summed E-state index contributed by atoms with van der Waals surface area (Å²) in [5.41, 5.74) is 2.10. The van der Waals surface area contributed by atoms with E-state index in [4.69, 9.17) is 32.5 Å². The van der Waals surface area contributed by atoms with Crippen molar-refractivity contribution in [2.75, 3.05) is 6.61 Å². The summed E-state index contributed by atoms with van der Waals surface area (Å²) in [4.78, 5) is 39.9. The molecule has 0 aromatic heterocycles. The highest BCUT2D eigenvalue weighted by Gasteiger charge is 2.49. The van der Waals surface area contributed by atoms with Gasteiger partial charge in [-0.2, -0.15) is 0 Å². The number of benzene rings is 5. The molecule has 0 radical (unpaired) electrons. The summed E-state index contributed by atoms with van der Waals surface area (Å²) in [7, 11) is -4.57. The topological polar surface area (TPSA) is 133 Å². The van der Waals surface area contributed by atoms with Crippen LogP contribution in [0.2, 0.25) is 0 Å². The molecule has 272 valence electrons. The molecule has 0 N–H and O–H groups in total. The van der Waals surface area contributed by atoms with Crippen molar-refractivity contribution in [2.24, 2.45) is 0 Å². The van der Waals surface area contributed by atoms with Crippen LogP contribution in [0.3, 0.4) is 0 Å². The maximum absolute atomic E-state index is 14.6. The third-order valence-corrected chi connectivity index (χ3v) is 9.44. The van der Waals surface area contributed by atoms with Gasteiger partial charge in [-0.3, -0.25) is 13.6 Å². The molecule has 53 heavy (non-hydrogen) atoms. The van der Waals surface area contributed by atoms with Crippen LogP contribution < -0.4 is 0 Å². The average molecular weight is 737 g/mol. The quantitative estimate of drug-likeness (QED) is 0.0589. The highest BCUT2D eigenvalue weighted by atomic mass is 31.2. The molecule has 1 heterocycles. The zero-order valence-electron chi connectivity index (χ0n) is 28.5. The lowest BCUT2D eigenvalue weighted by Gasteiger charge is -2.40. The van der Waals surface area contributed by atoms with E-state index in [2.05, 4.69) is 0 Å². The number of esters is 3. The summed E-state index contributed by atoms with van der Waals surface area (Å²) in [6.45, 7) is -0.649. The molecule has 0 saturated carbocycles. The lowest BCUT2D eigenvalue weighted by Crippen LogP contribution is -2.54. The van der Waals surface area contributed by atoms with E-state index in [1.807, 2.05) is 12.1 Å². The molecule has 0 spiro atoms. The summed E-state index contributed by atoms with van der Waals surface area (Å²) in [6, 6.07) is 42.7. The van der Waals surface area contributed by atoms with Crippen LogP contribution in [0.25, 0.3) is 0 Å². The van der Waals surface area contributed by atoms with Crippen LogP contribution in [0.1, 0.15) is 48.6 Å². The molecule has 0 amide bonds. The van der Waals surface area contributed by atoms with Crippen LogP contribution in [0.5, 0.6) is 0 Å². The van der Waals surface area contributed by atoms with E-state index in [1.165, 1.54) is 0 Å². The van der Waals surface area contributed by atoms with Crippen LogP contribution in [-0.2, 0) is 50.3 Å². The Kier molecular flexibility index (Phi) is 12.9. The van der Waals surface area contributed by atoms with Crippen molar-refractivity contribution in [3.05, 3.63) is 179 Å². The Balaban J connectivity index is 1.32. The predicted octanol–water partition coefficient (Wildman–Crippen LogP) is 7.97. The fraction of sp³-hybridized carbons (Fsp3) is 0.195. The monoisotopic (exact) mass is 736 g/mol. The van der Waals surface area contributed by atoms with Crippen LogP contribution in [0.4, 0.5) is 0 Å². The summed E-state index contributed by atoms with van der Waals surface area (Å²) in [6.07, 6.45) is -5.48. The van der Waals surface area contributed by atoms with Crippen molar-refractivity contribution in [2.45, 2.75) is 44.2 Å². The molecule has 1 fully saturated rings. The van der Waals surface area contributed by atoms with Crippen molar-refractivity contribution in [3.63, 3.8) is 0 Å². The van der Waals surface area contributed by atoms with Crippen molar-refractivity contribution >= 4 is 25.7 Å². The molecule has 12 heteroatoms. The van der Waals surface area contributed by atoms with E-state index in [0.717, 1.165) is 0 Å². The number of hydrogen-bond donors (Lipinski definition) is 0. The molecular formula is C41H37O11P. The first-order valence-electron chi connectivity index (χ1n) is 16.9. The van der Waals surface area contributed by atoms with Crippen molar-refractivity contribution in [1.82, 2.24) is 0 Å². The molecule has 0 bridgehead atoms. The molecule has 1 aliphatic rings. The first kappa shape index (κ1) is 37.3. The van der Waals surface area contributed by atoms with Gasteiger partial charge < -0.3 is 18.9 Å². The third-order valence-electron chi connectivity index (χ3n) is 8.08. The standard InChI is InChI=1S/C41H37O11P/c42-38(32-20-10-3-11-21-32)46-29-35-26-36(50-39(43)33-22-12-4-13-23-33)37(51-40(44)34-24-14-5-15-25-34)41(49-35)52-53(45,47-27-30-16-6-1-7-17-30)48-28-31-18-8-2-9-19-31/h1-25,35-37,41H,26-29H2/t35-,36-,37-,41+/m0/s1. The molecule has 11 nitrogen and oxygen atoms in total. The number of phosphoric acid groups is 1. The first-order chi connectivity index (χ1) is 25.8. The molecule has 1 saturated heterocycles. The number of carbonyl (C=O) groups is 3. The largest absolute Gasteiger partial charge is 0.477 e. The molecular weight excluding hydrogens is 699 g/mol. The van der Waals surface area contributed by atoms with Gasteiger partial charge in [0.1, 0.15) is 12.7 Å². The van der Waals surface area contributed by atoms with Gasteiger partial charge in [0.15, 0.2) is 6.10 Å². The van der Waals surface area contributed by atoms with Crippen LogP contribution in [0.15, 0.2) is 152 Å². The fourth-order valence-electron chi connectivity index (χ4n) is 5.38. The SMILES string of the molecule is O=C(OC[C@@H]1C[C@H](OC(=O)c2ccccc2)[C@H](OC(=O)c2ccccc2)[C@@H](OP(=O)(OCc2ccccc2)OCc2ccccc2)O1)c1ccccc1. The number of carbonyl (C=O) groups excluding carboxylic acids is 3. The molecule has 4 atom stereocenters. The zero-order chi connectivity index (χ0) is 36.9. The summed E-state index contributed by atoms with van der Waals surface area (Å²) < 4.78 is 56.1. The highest BCUT2D eigenvalue weighted by Crippen LogP contribution is 2.53. The molecule has 6 rings (SSSR count). The van der Waals surface area contributed by atoms with E-state index in [0.29, 0.717) is 16.7 Å². The van der Waals surface area contributed by atoms with E-state index >= 15 is 0 Å². The fourth-order valence-corrected chi connectivity index (χ4v) is 6.62. The highest BCUT2D eigenvalue weighted by molar-refractivity contribution is 7.48. The minimum Gasteiger partial charge on any atom is -0.459 e. The van der Waals surface area contributed by atoms with E-state index in [1.54, 1.807) is 140 Å². The van der Waals surface area contributed by atoms with Gasteiger partial charge in [-0.25, -0.2) is 18.9 Å². The Morgan fingerprint density at radius 3 is 1.45 bits per heavy atom. The van der Waals surface area contributed by atoms with Gasteiger partial charge in [0.25, 0.3) is 0 Å². The summed E-state index contributed by atoms with van der Waals surface area (Å²) in [5, 5.41) is 0. The van der Waals surface area contributed by atoms with E-state index < -0.39 is 50.3 Å². The minimum atomic E-state index is -4.57. The number of ether oxygens (including phenoxy) is 4.